The van der Waals surface area contributed by atoms with E-state index in [1.165, 1.54) is 19.0 Å². The molecule has 0 spiro atoms. The second-order valence-electron chi connectivity index (χ2n) is 6.11. The molecule has 2 aromatic carbocycles. The molecule has 0 fully saturated rings. The van der Waals surface area contributed by atoms with Crippen molar-refractivity contribution in [1.29, 1.82) is 0 Å². The van der Waals surface area contributed by atoms with Gasteiger partial charge < -0.3 is 18.9 Å². The molecule has 8 heteroatoms. The van der Waals surface area contributed by atoms with Crippen molar-refractivity contribution in [3.63, 3.8) is 0 Å². The van der Waals surface area contributed by atoms with Crippen molar-refractivity contribution < 1.29 is 23.7 Å². The summed E-state index contributed by atoms with van der Waals surface area (Å²) in [5.41, 5.74) is 1.51. The largest absolute Gasteiger partial charge is 0.493 e. The highest BCUT2D eigenvalue weighted by atomic mass is 35.5. The van der Waals surface area contributed by atoms with Gasteiger partial charge in [-0.05, 0) is 42.8 Å². The molecule has 1 amide bonds. The first-order valence-electron chi connectivity index (χ1n) is 8.58. The van der Waals surface area contributed by atoms with Gasteiger partial charge >= 0.3 is 0 Å². The first-order chi connectivity index (χ1) is 13.4. The minimum atomic E-state index is -0.771. The Bertz CT molecular complexity index is 915. The summed E-state index contributed by atoms with van der Waals surface area (Å²) in [5.74, 6) is 1.68. The Morgan fingerprint density at radius 1 is 1.21 bits per heavy atom. The number of benzene rings is 2. The predicted octanol–water partition coefficient (Wildman–Crippen LogP) is 3.94. The number of halogens is 1. The van der Waals surface area contributed by atoms with Crippen molar-refractivity contribution in [3.8, 4) is 17.2 Å². The Kier molecular flexibility index (Phi) is 5.94. The number of amides is 1. The van der Waals surface area contributed by atoms with E-state index in [1.807, 2.05) is 6.92 Å². The highest BCUT2D eigenvalue weighted by molar-refractivity contribution is 6.30. The van der Waals surface area contributed by atoms with Crippen LogP contribution in [0.3, 0.4) is 0 Å². The fraction of sp³-hybridized carbons (Fsp3) is 0.300. The van der Waals surface area contributed by atoms with Crippen LogP contribution in [-0.2, 0) is 9.53 Å². The maximum atomic E-state index is 12.1. The maximum Gasteiger partial charge on any atom is 0.247 e. The van der Waals surface area contributed by atoms with Crippen LogP contribution in [0.1, 0.15) is 24.3 Å². The number of rotatable bonds is 6. The van der Waals surface area contributed by atoms with Crippen LogP contribution in [0.4, 0.5) is 0 Å². The Hall–Kier alpha value is -2.93. The summed E-state index contributed by atoms with van der Waals surface area (Å²) >= 11 is 5.97. The Morgan fingerprint density at radius 2 is 2.00 bits per heavy atom. The molecular weight excluding hydrogens is 384 g/mol. The van der Waals surface area contributed by atoms with Crippen LogP contribution in [0.25, 0.3) is 0 Å². The molecule has 1 aliphatic rings. The summed E-state index contributed by atoms with van der Waals surface area (Å²) in [5, 5.41) is 6.16. The van der Waals surface area contributed by atoms with Gasteiger partial charge in [-0.3, -0.25) is 4.79 Å². The molecule has 7 nitrogen and oxygen atoms in total. The van der Waals surface area contributed by atoms with Crippen LogP contribution in [0.5, 0.6) is 17.2 Å². The van der Waals surface area contributed by atoms with Gasteiger partial charge in [0.1, 0.15) is 5.75 Å². The molecule has 1 heterocycles. The average molecular weight is 405 g/mol. The van der Waals surface area contributed by atoms with E-state index in [1.54, 1.807) is 43.5 Å². The lowest BCUT2D eigenvalue weighted by Gasteiger charge is -2.22. The molecule has 3 rings (SSSR count). The molecule has 0 unspecified atom stereocenters. The van der Waals surface area contributed by atoms with Gasteiger partial charge in [0.15, 0.2) is 18.1 Å². The fourth-order valence-corrected chi connectivity index (χ4v) is 3.12. The van der Waals surface area contributed by atoms with Gasteiger partial charge in [0.05, 0.1) is 19.8 Å². The second kappa shape index (κ2) is 8.39. The fourth-order valence-electron chi connectivity index (χ4n) is 2.89. The molecule has 1 aliphatic heterocycles. The van der Waals surface area contributed by atoms with Gasteiger partial charge in [-0.15, -0.1) is 5.10 Å². The van der Waals surface area contributed by atoms with Crippen molar-refractivity contribution in [2.24, 2.45) is 5.10 Å². The number of hydrazone groups is 1. The van der Waals surface area contributed by atoms with E-state index in [-0.39, 0.29) is 18.4 Å². The summed E-state index contributed by atoms with van der Waals surface area (Å²) < 4.78 is 22.5. The molecule has 2 aromatic rings. The van der Waals surface area contributed by atoms with E-state index >= 15 is 0 Å². The van der Waals surface area contributed by atoms with Crippen LogP contribution in [0, 0.1) is 6.92 Å². The first-order valence-corrected chi connectivity index (χ1v) is 8.96. The third-order valence-electron chi connectivity index (χ3n) is 4.20. The van der Waals surface area contributed by atoms with Gasteiger partial charge in [-0.1, -0.05) is 17.7 Å². The molecule has 0 aliphatic carbocycles. The molecule has 0 saturated heterocycles. The maximum absolute atomic E-state index is 12.1. The highest BCUT2D eigenvalue weighted by Crippen LogP contribution is 2.39. The Labute approximate surface area is 168 Å². The smallest absolute Gasteiger partial charge is 0.247 e. The molecule has 28 heavy (non-hydrogen) atoms. The molecule has 148 valence electrons. The Balaban J connectivity index is 1.82. The summed E-state index contributed by atoms with van der Waals surface area (Å²) in [6, 6.07) is 10.7. The van der Waals surface area contributed by atoms with E-state index in [4.69, 9.17) is 30.5 Å². The van der Waals surface area contributed by atoms with Crippen molar-refractivity contribution in [2.45, 2.75) is 20.1 Å². The molecule has 0 saturated carbocycles. The monoisotopic (exact) mass is 404 g/mol. The predicted molar refractivity (Wildman–Crippen MR) is 105 cm³/mol. The van der Waals surface area contributed by atoms with Gasteiger partial charge in [0, 0.05) is 11.9 Å². The number of hydrogen-bond donors (Lipinski definition) is 0. The lowest BCUT2D eigenvalue weighted by Crippen LogP contribution is -2.25. The SMILES string of the molecule is COc1cccc([C@H]2OC(COc3ccc(Cl)cc3C)=NN2C(C)=O)c1OC. The summed E-state index contributed by atoms with van der Waals surface area (Å²) in [4.78, 5) is 12.1. The van der Waals surface area contributed by atoms with Crippen LogP contribution in [0.15, 0.2) is 41.5 Å². The minimum Gasteiger partial charge on any atom is -0.493 e. The van der Waals surface area contributed by atoms with Crippen molar-refractivity contribution in [2.75, 3.05) is 20.8 Å². The van der Waals surface area contributed by atoms with Crippen LogP contribution in [-0.4, -0.2) is 37.6 Å². The molecule has 0 radical (unpaired) electrons. The van der Waals surface area contributed by atoms with Crippen LogP contribution < -0.4 is 14.2 Å². The number of aryl methyl sites for hydroxylation is 1. The van der Waals surface area contributed by atoms with Gasteiger partial charge in [-0.25, -0.2) is 0 Å². The van der Waals surface area contributed by atoms with E-state index in [2.05, 4.69) is 5.10 Å². The van der Waals surface area contributed by atoms with Crippen LogP contribution >= 0.6 is 11.6 Å². The zero-order valence-corrected chi connectivity index (χ0v) is 16.8. The number of ether oxygens (including phenoxy) is 4. The van der Waals surface area contributed by atoms with Gasteiger partial charge in [0.25, 0.3) is 0 Å². The van der Waals surface area contributed by atoms with E-state index in [0.29, 0.717) is 27.8 Å². The average Bonchev–Trinajstić information content (AvgIpc) is 3.11. The van der Waals surface area contributed by atoms with E-state index in [9.17, 15) is 4.79 Å². The van der Waals surface area contributed by atoms with E-state index < -0.39 is 6.23 Å². The molecule has 0 aromatic heterocycles. The Morgan fingerprint density at radius 3 is 2.64 bits per heavy atom. The van der Waals surface area contributed by atoms with Crippen molar-refractivity contribution in [1.82, 2.24) is 5.01 Å². The number of carbonyl (C=O) groups excluding carboxylic acids is 1. The number of carbonyl (C=O) groups is 1. The second-order valence-corrected chi connectivity index (χ2v) is 6.55. The standard InChI is InChI=1S/C20H21ClN2O5/c1-12-10-14(21)8-9-16(12)27-11-18-22-23(13(2)24)20(28-18)15-6-5-7-17(25-3)19(15)26-4/h5-10,20H,11H2,1-4H3/t20-/m1/s1. The van der Waals surface area contributed by atoms with Crippen molar-refractivity contribution in [3.05, 3.63) is 52.5 Å². The zero-order chi connectivity index (χ0) is 20.3. The molecular formula is C20H21ClN2O5. The highest BCUT2D eigenvalue weighted by Gasteiger charge is 2.35. The summed E-state index contributed by atoms with van der Waals surface area (Å²) in [7, 11) is 3.08. The number of nitrogens with zero attached hydrogens (tertiary/aromatic N) is 2. The molecule has 0 N–H and O–H groups in total. The topological polar surface area (TPSA) is 69.6 Å². The number of hydrogen-bond acceptors (Lipinski definition) is 6. The van der Waals surface area contributed by atoms with Crippen LogP contribution in [0.2, 0.25) is 5.02 Å². The minimum absolute atomic E-state index is 0.0645. The first kappa shape index (κ1) is 19.8. The van der Waals surface area contributed by atoms with Gasteiger partial charge in [0.2, 0.25) is 18.0 Å². The summed E-state index contributed by atoms with van der Waals surface area (Å²) in [6.45, 7) is 3.37. The normalized spacial score (nSPS) is 15.7. The third-order valence-corrected chi connectivity index (χ3v) is 4.43. The van der Waals surface area contributed by atoms with E-state index in [0.717, 1.165) is 5.56 Å². The summed E-state index contributed by atoms with van der Waals surface area (Å²) in [6.07, 6.45) is -0.771. The molecule has 1 atom stereocenters. The zero-order valence-electron chi connectivity index (χ0n) is 16.1. The number of methoxy groups -OCH3 is 2. The lowest BCUT2D eigenvalue weighted by molar-refractivity contribution is -0.135. The number of para-hydroxylation sites is 1. The third kappa shape index (κ3) is 3.99. The van der Waals surface area contributed by atoms with Gasteiger partial charge in [-0.2, -0.15) is 5.01 Å². The van der Waals surface area contributed by atoms with Crippen molar-refractivity contribution >= 4 is 23.4 Å². The molecule has 0 bridgehead atoms. The lowest BCUT2D eigenvalue weighted by atomic mass is 10.1. The quantitative estimate of drug-likeness (QED) is 0.729.